The fraction of sp³-hybridized carbons (Fsp3) is 0.417. The Labute approximate surface area is 108 Å². The van der Waals surface area contributed by atoms with E-state index in [0.29, 0.717) is 0 Å². The number of aromatic hydroxyl groups is 1. The van der Waals surface area contributed by atoms with E-state index in [9.17, 15) is 9.18 Å². The Kier molecular flexibility index (Phi) is 4.93. The third-order valence-corrected chi connectivity index (χ3v) is 3.67. The lowest BCUT2D eigenvalue weighted by molar-refractivity contribution is 0.0927. The minimum atomic E-state index is -0.721. The zero-order valence-electron chi connectivity index (χ0n) is 9.71. The highest BCUT2D eigenvalue weighted by atomic mass is 79.9. The molecule has 5 heteroatoms. The summed E-state index contributed by atoms with van der Waals surface area (Å²) in [5.41, 5.74) is -0.0589. The average Bonchev–Trinajstić information content (AvgIpc) is 2.27. The van der Waals surface area contributed by atoms with Gasteiger partial charge in [-0.1, -0.05) is 22.9 Å². The van der Waals surface area contributed by atoms with E-state index >= 15 is 0 Å². The molecule has 0 saturated carbocycles. The largest absolute Gasteiger partial charge is 0.508 e. The van der Waals surface area contributed by atoms with Crippen molar-refractivity contribution in [2.45, 2.75) is 19.9 Å². The Hall–Kier alpha value is -1.10. The van der Waals surface area contributed by atoms with Crippen molar-refractivity contribution in [1.82, 2.24) is 5.32 Å². The summed E-state index contributed by atoms with van der Waals surface area (Å²) in [4.78, 5) is 11.8. The molecule has 0 radical (unpaired) electrons. The van der Waals surface area contributed by atoms with Crippen LogP contribution in [0.3, 0.4) is 0 Å². The number of benzene rings is 1. The van der Waals surface area contributed by atoms with Gasteiger partial charge in [-0.25, -0.2) is 4.39 Å². The van der Waals surface area contributed by atoms with Gasteiger partial charge in [-0.05, 0) is 25.0 Å². The van der Waals surface area contributed by atoms with Crippen LogP contribution in [0.15, 0.2) is 18.2 Å². The van der Waals surface area contributed by atoms with E-state index in [-0.39, 0.29) is 23.3 Å². The number of alkyl halides is 1. The highest BCUT2D eigenvalue weighted by Gasteiger charge is 2.17. The van der Waals surface area contributed by atoms with Gasteiger partial charge in [0.25, 0.3) is 5.91 Å². The van der Waals surface area contributed by atoms with Gasteiger partial charge in [0.15, 0.2) is 0 Å². The number of rotatable bonds is 4. The molecular formula is C12H15BrFNO2. The molecule has 1 rings (SSSR count). The summed E-state index contributed by atoms with van der Waals surface area (Å²) in [6.07, 6.45) is 0. The molecule has 0 aliphatic carbocycles. The van der Waals surface area contributed by atoms with Crippen LogP contribution in [0.25, 0.3) is 0 Å². The number of amides is 1. The summed E-state index contributed by atoms with van der Waals surface area (Å²) in [6.45, 7) is 3.84. The molecule has 0 aliphatic heterocycles. The number of nitrogens with one attached hydrogen (secondary N) is 1. The van der Waals surface area contributed by atoms with Crippen LogP contribution in [0.2, 0.25) is 0 Å². The van der Waals surface area contributed by atoms with Crippen LogP contribution in [-0.2, 0) is 0 Å². The van der Waals surface area contributed by atoms with Crippen LogP contribution in [0, 0.1) is 11.7 Å². The van der Waals surface area contributed by atoms with Gasteiger partial charge < -0.3 is 10.4 Å². The van der Waals surface area contributed by atoms with Crippen LogP contribution in [0.1, 0.15) is 24.2 Å². The van der Waals surface area contributed by atoms with Gasteiger partial charge in [-0.2, -0.15) is 0 Å². The Bertz CT molecular complexity index is 411. The van der Waals surface area contributed by atoms with Crippen molar-refractivity contribution < 1.29 is 14.3 Å². The number of hydrogen-bond donors (Lipinski definition) is 2. The van der Waals surface area contributed by atoms with Gasteiger partial charge in [0.2, 0.25) is 0 Å². The Balaban J connectivity index is 2.76. The third kappa shape index (κ3) is 3.70. The topological polar surface area (TPSA) is 49.3 Å². The lowest BCUT2D eigenvalue weighted by Crippen LogP contribution is -2.38. The molecule has 1 aromatic carbocycles. The van der Waals surface area contributed by atoms with Crippen LogP contribution in [0.4, 0.5) is 4.39 Å². The maximum Gasteiger partial charge on any atom is 0.254 e. The van der Waals surface area contributed by atoms with Gasteiger partial charge in [0.1, 0.15) is 11.6 Å². The van der Waals surface area contributed by atoms with E-state index in [0.717, 1.165) is 11.4 Å². The van der Waals surface area contributed by atoms with Gasteiger partial charge >= 0.3 is 0 Å². The number of halogens is 2. The van der Waals surface area contributed by atoms with Crippen LogP contribution in [-0.4, -0.2) is 22.4 Å². The monoisotopic (exact) mass is 303 g/mol. The summed E-state index contributed by atoms with van der Waals surface area (Å²) in [5, 5.41) is 12.5. The first-order valence-corrected chi connectivity index (χ1v) is 6.43. The van der Waals surface area contributed by atoms with Crippen LogP contribution >= 0.6 is 15.9 Å². The molecule has 0 heterocycles. The smallest absolute Gasteiger partial charge is 0.254 e. The van der Waals surface area contributed by atoms with E-state index < -0.39 is 11.7 Å². The van der Waals surface area contributed by atoms with E-state index in [1.165, 1.54) is 12.1 Å². The maximum atomic E-state index is 13.4. The molecule has 0 spiro atoms. The van der Waals surface area contributed by atoms with Crippen molar-refractivity contribution in [2.24, 2.45) is 5.92 Å². The second-order valence-corrected chi connectivity index (χ2v) is 4.71. The van der Waals surface area contributed by atoms with Gasteiger partial charge in [-0.3, -0.25) is 4.79 Å². The lowest BCUT2D eigenvalue weighted by atomic mass is 10.1. The first kappa shape index (κ1) is 14.0. The SMILES string of the molecule is CC(CBr)C(C)NC(=O)c1ccc(O)cc1F. The van der Waals surface area contributed by atoms with Crippen molar-refractivity contribution in [3.05, 3.63) is 29.6 Å². The van der Waals surface area contributed by atoms with Crippen LogP contribution in [0.5, 0.6) is 5.75 Å². The van der Waals surface area contributed by atoms with Gasteiger partial charge in [0, 0.05) is 17.4 Å². The number of hydrogen-bond acceptors (Lipinski definition) is 2. The molecule has 0 bridgehead atoms. The highest BCUT2D eigenvalue weighted by molar-refractivity contribution is 9.09. The van der Waals surface area contributed by atoms with Crippen LogP contribution < -0.4 is 5.32 Å². The maximum absolute atomic E-state index is 13.4. The first-order valence-electron chi connectivity index (χ1n) is 5.31. The molecule has 17 heavy (non-hydrogen) atoms. The Morgan fingerprint density at radius 2 is 2.18 bits per heavy atom. The molecule has 2 unspecified atom stereocenters. The average molecular weight is 304 g/mol. The van der Waals surface area contributed by atoms with Crippen molar-refractivity contribution in [2.75, 3.05) is 5.33 Å². The predicted molar refractivity (Wildman–Crippen MR) is 68.0 cm³/mol. The molecule has 0 saturated heterocycles. The molecule has 2 N–H and O–H groups in total. The Morgan fingerprint density at radius 1 is 1.53 bits per heavy atom. The normalized spacial score (nSPS) is 14.1. The van der Waals surface area contributed by atoms with Crippen molar-refractivity contribution in [3.63, 3.8) is 0 Å². The third-order valence-electron chi connectivity index (χ3n) is 2.65. The minimum absolute atomic E-state index is 0.0589. The molecule has 94 valence electrons. The van der Waals surface area contributed by atoms with Gasteiger partial charge in [-0.15, -0.1) is 0 Å². The van der Waals surface area contributed by atoms with Crippen molar-refractivity contribution in [3.8, 4) is 5.75 Å². The van der Waals surface area contributed by atoms with E-state index in [2.05, 4.69) is 21.2 Å². The number of carbonyl (C=O) groups excluding carboxylic acids is 1. The lowest BCUT2D eigenvalue weighted by Gasteiger charge is -2.19. The Morgan fingerprint density at radius 3 is 2.71 bits per heavy atom. The fourth-order valence-electron chi connectivity index (χ4n) is 1.25. The zero-order valence-corrected chi connectivity index (χ0v) is 11.3. The second-order valence-electron chi connectivity index (χ2n) is 4.06. The second kappa shape index (κ2) is 6.00. The summed E-state index contributed by atoms with van der Waals surface area (Å²) in [7, 11) is 0. The van der Waals surface area contributed by atoms with Crippen molar-refractivity contribution >= 4 is 21.8 Å². The van der Waals surface area contributed by atoms with Crippen molar-refractivity contribution in [1.29, 1.82) is 0 Å². The molecule has 0 fully saturated rings. The molecule has 1 aromatic rings. The highest BCUT2D eigenvalue weighted by Crippen LogP contribution is 2.15. The number of carbonyl (C=O) groups is 1. The van der Waals surface area contributed by atoms with E-state index in [4.69, 9.17) is 5.11 Å². The molecule has 0 aliphatic rings. The molecular weight excluding hydrogens is 289 g/mol. The predicted octanol–water partition coefficient (Wildman–Crippen LogP) is 2.68. The molecule has 0 aromatic heterocycles. The summed E-state index contributed by atoms with van der Waals surface area (Å²) in [5.74, 6) is -1.14. The minimum Gasteiger partial charge on any atom is -0.508 e. The zero-order chi connectivity index (χ0) is 13.0. The summed E-state index contributed by atoms with van der Waals surface area (Å²) in [6, 6.07) is 3.42. The standard InChI is InChI=1S/C12H15BrFNO2/c1-7(6-13)8(2)15-12(17)10-4-3-9(16)5-11(10)14/h3-5,7-8,16H,6H2,1-2H3,(H,15,17). The number of phenolic OH excluding ortho intramolecular Hbond substituents is 1. The van der Waals surface area contributed by atoms with E-state index in [1.807, 2.05) is 13.8 Å². The molecule has 2 atom stereocenters. The molecule has 3 nitrogen and oxygen atoms in total. The van der Waals surface area contributed by atoms with Gasteiger partial charge in [0.05, 0.1) is 5.56 Å². The van der Waals surface area contributed by atoms with E-state index in [1.54, 1.807) is 0 Å². The fourth-order valence-corrected chi connectivity index (χ4v) is 1.81. The number of phenols is 1. The summed E-state index contributed by atoms with van der Waals surface area (Å²) >= 11 is 3.33. The summed E-state index contributed by atoms with van der Waals surface area (Å²) < 4.78 is 13.4. The molecule has 1 amide bonds. The quantitative estimate of drug-likeness (QED) is 0.840. The first-order chi connectivity index (χ1) is 7.95.